The number of ether oxygens (including phenoxy) is 2. The molecule has 1 aromatic heterocycles. The van der Waals surface area contributed by atoms with Crippen molar-refractivity contribution in [2.45, 2.75) is 19.4 Å². The third-order valence-electron chi connectivity index (χ3n) is 5.95. The Kier molecular flexibility index (Phi) is 5.04. The number of rotatable bonds is 4. The highest BCUT2D eigenvalue weighted by Crippen LogP contribution is 2.33. The molecule has 7 nitrogen and oxygen atoms in total. The van der Waals surface area contributed by atoms with Crippen LogP contribution in [0.4, 0.5) is 5.69 Å². The molecular formula is C24H22N4O3. The number of amides is 1. The van der Waals surface area contributed by atoms with Crippen LogP contribution in [-0.4, -0.2) is 30.8 Å². The summed E-state index contributed by atoms with van der Waals surface area (Å²) in [5, 5.41) is 13.6. The molecule has 0 spiro atoms. The number of hydrogen-bond acceptors (Lipinski definition) is 6. The highest BCUT2D eigenvalue weighted by atomic mass is 16.7. The lowest BCUT2D eigenvalue weighted by Crippen LogP contribution is -2.40. The second-order valence-electron chi connectivity index (χ2n) is 7.82. The van der Waals surface area contributed by atoms with Crippen molar-refractivity contribution in [3.8, 4) is 17.6 Å². The Morgan fingerprint density at radius 1 is 1.16 bits per heavy atom. The number of carbonyl (C=O) groups is 1. The fourth-order valence-corrected chi connectivity index (χ4v) is 4.30. The molecule has 1 amide bonds. The van der Waals surface area contributed by atoms with E-state index in [1.54, 1.807) is 6.20 Å². The largest absolute Gasteiger partial charge is 0.454 e. The zero-order valence-corrected chi connectivity index (χ0v) is 17.0. The zero-order chi connectivity index (χ0) is 21.2. The molecule has 0 unspecified atom stereocenters. The second kappa shape index (κ2) is 8.15. The van der Waals surface area contributed by atoms with Gasteiger partial charge in [0.05, 0.1) is 16.8 Å². The van der Waals surface area contributed by atoms with Gasteiger partial charge in [-0.3, -0.25) is 9.78 Å². The van der Waals surface area contributed by atoms with E-state index in [9.17, 15) is 10.1 Å². The summed E-state index contributed by atoms with van der Waals surface area (Å²) in [6.07, 6.45) is 3.13. The molecule has 2 aromatic carbocycles. The summed E-state index contributed by atoms with van der Waals surface area (Å²) in [5.74, 6) is 1.49. The van der Waals surface area contributed by atoms with Crippen molar-refractivity contribution in [3.63, 3.8) is 0 Å². The lowest BCUT2D eigenvalue weighted by molar-refractivity contribution is -0.125. The molecule has 7 heteroatoms. The first-order chi connectivity index (χ1) is 15.2. The number of carbonyl (C=O) groups excluding carboxylic acids is 1. The number of nitrogens with one attached hydrogen (secondary N) is 1. The van der Waals surface area contributed by atoms with Gasteiger partial charge in [-0.25, -0.2) is 0 Å². The van der Waals surface area contributed by atoms with E-state index in [1.165, 1.54) is 0 Å². The number of anilines is 1. The summed E-state index contributed by atoms with van der Waals surface area (Å²) in [6.45, 7) is 2.16. The van der Waals surface area contributed by atoms with Crippen LogP contribution in [0, 0.1) is 17.2 Å². The van der Waals surface area contributed by atoms with E-state index in [4.69, 9.17) is 9.47 Å². The molecule has 0 aliphatic carbocycles. The van der Waals surface area contributed by atoms with E-state index in [2.05, 4.69) is 21.3 Å². The van der Waals surface area contributed by atoms with E-state index in [0.29, 0.717) is 12.1 Å². The fourth-order valence-electron chi connectivity index (χ4n) is 4.30. The Morgan fingerprint density at radius 2 is 1.97 bits per heavy atom. The van der Waals surface area contributed by atoms with Crippen molar-refractivity contribution in [2.24, 2.45) is 5.92 Å². The first kappa shape index (κ1) is 19.2. The molecule has 3 heterocycles. The van der Waals surface area contributed by atoms with Crippen LogP contribution >= 0.6 is 0 Å². The van der Waals surface area contributed by atoms with Gasteiger partial charge in [0.25, 0.3) is 0 Å². The molecule has 1 saturated heterocycles. The van der Waals surface area contributed by atoms with Crippen LogP contribution in [0.5, 0.6) is 11.5 Å². The van der Waals surface area contributed by atoms with Gasteiger partial charge in [0.2, 0.25) is 12.7 Å². The first-order valence-electron chi connectivity index (χ1n) is 10.4. The monoisotopic (exact) mass is 414 g/mol. The highest BCUT2D eigenvalue weighted by Gasteiger charge is 2.27. The molecule has 0 radical (unpaired) electrons. The van der Waals surface area contributed by atoms with Crippen molar-refractivity contribution in [1.82, 2.24) is 10.3 Å². The van der Waals surface area contributed by atoms with Crippen LogP contribution in [0.1, 0.15) is 24.0 Å². The normalized spacial score (nSPS) is 15.6. The molecule has 0 atom stereocenters. The van der Waals surface area contributed by atoms with Crippen LogP contribution in [0.25, 0.3) is 10.9 Å². The van der Waals surface area contributed by atoms with Crippen LogP contribution in [0.15, 0.2) is 48.7 Å². The SMILES string of the molecule is N#Cc1cnc2ccccc2c1N1CCC(C(=O)NCc2ccc3c(c2)OCO3)CC1. The molecule has 0 bridgehead atoms. The maximum absolute atomic E-state index is 12.7. The van der Waals surface area contributed by atoms with Crippen molar-refractivity contribution in [1.29, 1.82) is 5.26 Å². The number of hydrogen-bond donors (Lipinski definition) is 1. The standard InChI is InChI=1S/C24H22N4O3/c25-12-18-14-26-20-4-2-1-3-19(20)23(18)28-9-7-17(8-10-28)24(29)27-13-16-5-6-21-22(11-16)31-15-30-21/h1-6,11,14,17H,7-10,13,15H2,(H,27,29). The minimum atomic E-state index is -0.0381. The maximum atomic E-state index is 12.7. The van der Waals surface area contributed by atoms with Gasteiger partial charge < -0.3 is 19.7 Å². The van der Waals surface area contributed by atoms with Gasteiger partial charge in [-0.05, 0) is 36.6 Å². The number of nitriles is 1. The van der Waals surface area contributed by atoms with Crippen molar-refractivity contribution < 1.29 is 14.3 Å². The Bertz CT molecular complexity index is 1180. The summed E-state index contributed by atoms with van der Waals surface area (Å²) in [6, 6.07) is 15.9. The summed E-state index contributed by atoms with van der Waals surface area (Å²) >= 11 is 0. The second-order valence-corrected chi connectivity index (χ2v) is 7.82. The summed E-state index contributed by atoms with van der Waals surface area (Å²) < 4.78 is 10.7. The lowest BCUT2D eigenvalue weighted by atomic mass is 9.94. The Balaban J connectivity index is 1.23. The van der Waals surface area contributed by atoms with Crippen molar-refractivity contribution >= 4 is 22.5 Å². The number of pyridine rings is 1. The average Bonchev–Trinajstić information content (AvgIpc) is 3.30. The molecule has 3 aromatic rings. The molecule has 1 N–H and O–H groups in total. The minimum Gasteiger partial charge on any atom is -0.454 e. The van der Waals surface area contributed by atoms with E-state index < -0.39 is 0 Å². The third kappa shape index (κ3) is 3.73. The Hall–Kier alpha value is -3.79. The van der Waals surface area contributed by atoms with Gasteiger partial charge in [0.1, 0.15) is 6.07 Å². The molecule has 2 aliphatic heterocycles. The van der Waals surface area contributed by atoms with E-state index in [-0.39, 0.29) is 18.6 Å². The summed E-state index contributed by atoms with van der Waals surface area (Å²) in [7, 11) is 0. The molecule has 2 aliphatic rings. The van der Waals surface area contributed by atoms with Crippen LogP contribution < -0.4 is 19.7 Å². The highest BCUT2D eigenvalue weighted by molar-refractivity contribution is 5.94. The molecular weight excluding hydrogens is 392 g/mol. The summed E-state index contributed by atoms with van der Waals surface area (Å²) in [4.78, 5) is 19.3. The molecule has 5 rings (SSSR count). The Morgan fingerprint density at radius 3 is 2.81 bits per heavy atom. The minimum absolute atomic E-state index is 0.0381. The van der Waals surface area contributed by atoms with Crippen LogP contribution in [0.3, 0.4) is 0 Å². The van der Waals surface area contributed by atoms with Gasteiger partial charge in [-0.2, -0.15) is 5.26 Å². The predicted octanol–water partition coefficient (Wildman–Crippen LogP) is 3.37. The van der Waals surface area contributed by atoms with Crippen molar-refractivity contribution in [2.75, 3.05) is 24.8 Å². The molecule has 0 saturated carbocycles. The molecule has 31 heavy (non-hydrogen) atoms. The van der Waals surface area contributed by atoms with E-state index in [1.807, 2.05) is 42.5 Å². The van der Waals surface area contributed by atoms with E-state index in [0.717, 1.165) is 59.6 Å². The number of para-hydroxylation sites is 1. The van der Waals surface area contributed by atoms with Gasteiger partial charge in [-0.1, -0.05) is 24.3 Å². The zero-order valence-electron chi connectivity index (χ0n) is 17.0. The molecule has 1 fully saturated rings. The number of aromatic nitrogens is 1. The van der Waals surface area contributed by atoms with Gasteiger partial charge >= 0.3 is 0 Å². The third-order valence-corrected chi connectivity index (χ3v) is 5.95. The maximum Gasteiger partial charge on any atom is 0.231 e. The number of piperidine rings is 1. The van der Waals surface area contributed by atoms with E-state index >= 15 is 0 Å². The van der Waals surface area contributed by atoms with Crippen molar-refractivity contribution in [3.05, 3.63) is 59.8 Å². The number of benzene rings is 2. The molecule has 156 valence electrons. The van der Waals surface area contributed by atoms with Gasteiger partial charge in [0.15, 0.2) is 11.5 Å². The number of fused-ring (bicyclic) bond motifs is 2. The van der Waals surface area contributed by atoms with Gasteiger partial charge in [0, 0.05) is 37.1 Å². The fraction of sp³-hybridized carbons (Fsp3) is 0.292. The topological polar surface area (TPSA) is 87.5 Å². The first-order valence-corrected chi connectivity index (χ1v) is 10.4. The Labute approximate surface area is 180 Å². The van der Waals surface area contributed by atoms with Gasteiger partial charge in [-0.15, -0.1) is 0 Å². The summed E-state index contributed by atoms with van der Waals surface area (Å²) in [5.41, 5.74) is 3.36. The predicted molar refractivity (Wildman–Crippen MR) is 116 cm³/mol. The van der Waals surface area contributed by atoms with Crippen LogP contribution in [-0.2, 0) is 11.3 Å². The quantitative estimate of drug-likeness (QED) is 0.704. The van der Waals surface area contributed by atoms with Crippen LogP contribution in [0.2, 0.25) is 0 Å². The lowest BCUT2D eigenvalue weighted by Gasteiger charge is -2.34. The average molecular weight is 414 g/mol. The smallest absolute Gasteiger partial charge is 0.231 e. The number of nitrogens with zero attached hydrogens (tertiary/aromatic N) is 3.